The second-order valence-electron chi connectivity index (χ2n) is 6.46. The lowest BCUT2D eigenvalue weighted by atomic mass is 10.1. The van der Waals surface area contributed by atoms with Gasteiger partial charge in [-0.25, -0.2) is 4.79 Å². The van der Waals surface area contributed by atoms with Crippen LogP contribution in [0.15, 0.2) is 66.9 Å². The molecule has 2 aromatic carbocycles. The summed E-state index contributed by atoms with van der Waals surface area (Å²) >= 11 is 5.95. The lowest BCUT2D eigenvalue weighted by Gasteiger charge is -2.12. The largest absolute Gasteiger partial charge is 0.478 e. The Kier molecular flexibility index (Phi) is 8.61. The summed E-state index contributed by atoms with van der Waals surface area (Å²) in [5, 5.41) is 23.0. The second kappa shape index (κ2) is 10.9. The molecular formula is C22H22Cl2N2O3. The zero-order valence-corrected chi connectivity index (χ0v) is 17.2. The molecule has 152 valence electrons. The third kappa shape index (κ3) is 6.54. The zero-order chi connectivity index (χ0) is 19.9. The van der Waals surface area contributed by atoms with Crippen LogP contribution in [0.5, 0.6) is 0 Å². The van der Waals surface area contributed by atoms with Crippen LogP contribution in [0.2, 0.25) is 5.02 Å². The summed E-state index contributed by atoms with van der Waals surface area (Å²) in [5.74, 6) is -0.984. The number of aliphatic hydroxyl groups excluding tert-OH is 1. The Labute approximate surface area is 180 Å². The van der Waals surface area contributed by atoms with Gasteiger partial charge in [-0.1, -0.05) is 48.0 Å². The second-order valence-corrected chi connectivity index (χ2v) is 6.90. The molecule has 29 heavy (non-hydrogen) atoms. The predicted octanol–water partition coefficient (Wildman–Crippen LogP) is 4.39. The van der Waals surface area contributed by atoms with E-state index in [-0.39, 0.29) is 18.0 Å². The molecule has 7 heteroatoms. The highest BCUT2D eigenvalue weighted by molar-refractivity contribution is 6.30. The number of hydrogen-bond donors (Lipinski definition) is 3. The fourth-order valence-electron chi connectivity index (χ4n) is 2.84. The molecule has 1 aromatic heterocycles. The summed E-state index contributed by atoms with van der Waals surface area (Å²) in [7, 11) is 0. The molecule has 1 heterocycles. The monoisotopic (exact) mass is 432 g/mol. The summed E-state index contributed by atoms with van der Waals surface area (Å²) in [6.07, 6.45) is 1.59. The number of rotatable bonds is 8. The van der Waals surface area contributed by atoms with Crippen LogP contribution in [0.25, 0.3) is 11.3 Å². The Morgan fingerprint density at radius 3 is 2.48 bits per heavy atom. The molecule has 0 unspecified atom stereocenters. The van der Waals surface area contributed by atoms with Gasteiger partial charge < -0.3 is 15.5 Å². The summed E-state index contributed by atoms with van der Waals surface area (Å²) in [5.41, 5.74) is 3.80. The SMILES string of the molecule is Cl.O=C(O)c1ccc(-c2ccc(CCNC[C@@H](O)c3cccc(Cl)c3)cc2)nc1. The van der Waals surface area contributed by atoms with E-state index in [0.29, 0.717) is 11.6 Å². The van der Waals surface area contributed by atoms with Gasteiger partial charge in [0.2, 0.25) is 0 Å². The number of carbonyl (C=O) groups is 1. The highest BCUT2D eigenvalue weighted by Gasteiger charge is 2.07. The molecule has 0 bridgehead atoms. The van der Waals surface area contributed by atoms with Crippen LogP contribution in [-0.2, 0) is 6.42 Å². The van der Waals surface area contributed by atoms with Crippen LogP contribution in [0.3, 0.4) is 0 Å². The van der Waals surface area contributed by atoms with Crippen LogP contribution in [-0.4, -0.2) is 34.3 Å². The fraction of sp³-hybridized carbons (Fsp3) is 0.182. The number of aromatic nitrogens is 1. The summed E-state index contributed by atoms with van der Waals surface area (Å²) in [4.78, 5) is 15.1. The lowest BCUT2D eigenvalue weighted by Crippen LogP contribution is -2.23. The number of halogens is 2. The molecule has 0 spiro atoms. The van der Waals surface area contributed by atoms with Gasteiger partial charge >= 0.3 is 5.97 Å². The van der Waals surface area contributed by atoms with Gasteiger partial charge in [0, 0.05) is 23.3 Å². The van der Waals surface area contributed by atoms with Crippen LogP contribution in [0.1, 0.15) is 27.6 Å². The van der Waals surface area contributed by atoms with E-state index in [1.54, 1.807) is 24.3 Å². The number of aromatic carboxylic acids is 1. The van der Waals surface area contributed by atoms with Crippen molar-refractivity contribution in [3.8, 4) is 11.3 Å². The maximum absolute atomic E-state index is 10.9. The molecular weight excluding hydrogens is 411 g/mol. The molecule has 0 saturated carbocycles. The number of pyridine rings is 1. The summed E-state index contributed by atoms with van der Waals surface area (Å²) in [6, 6.07) is 18.5. The van der Waals surface area contributed by atoms with Crippen molar-refractivity contribution in [1.82, 2.24) is 10.3 Å². The van der Waals surface area contributed by atoms with E-state index in [9.17, 15) is 9.90 Å². The maximum atomic E-state index is 10.9. The van der Waals surface area contributed by atoms with Crippen molar-refractivity contribution < 1.29 is 15.0 Å². The molecule has 1 atom stereocenters. The molecule has 0 aliphatic heterocycles. The smallest absolute Gasteiger partial charge is 0.337 e. The first-order valence-corrected chi connectivity index (χ1v) is 9.33. The molecule has 0 aliphatic rings. The first-order valence-electron chi connectivity index (χ1n) is 8.96. The number of carboxylic acid groups (broad SMARTS) is 1. The Morgan fingerprint density at radius 2 is 1.86 bits per heavy atom. The summed E-state index contributed by atoms with van der Waals surface area (Å²) in [6.45, 7) is 1.20. The third-order valence-corrected chi connectivity index (χ3v) is 4.66. The van der Waals surface area contributed by atoms with Crippen molar-refractivity contribution in [1.29, 1.82) is 0 Å². The molecule has 0 fully saturated rings. The van der Waals surface area contributed by atoms with Gasteiger partial charge in [-0.3, -0.25) is 4.98 Å². The minimum absolute atomic E-state index is 0. The summed E-state index contributed by atoms with van der Waals surface area (Å²) < 4.78 is 0. The van der Waals surface area contributed by atoms with Crippen molar-refractivity contribution in [2.45, 2.75) is 12.5 Å². The predicted molar refractivity (Wildman–Crippen MR) is 117 cm³/mol. The van der Waals surface area contributed by atoms with E-state index in [4.69, 9.17) is 16.7 Å². The number of hydrogen-bond acceptors (Lipinski definition) is 4. The van der Waals surface area contributed by atoms with Gasteiger partial charge in [-0.2, -0.15) is 0 Å². The molecule has 0 radical (unpaired) electrons. The number of nitrogens with zero attached hydrogens (tertiary/aromatic N) is 1. The van der Waals surface area contributed by atoms with E-state index in [2.05, 4.69) is 10.3 Å². The standard InChI is InChI=1S/C22H21ClN2O3.ClH/c23-19-3-1-2-17(12-19)21(26)14-24-11-10-15-4-6-16(7-5-15)20-9-8-18(13-25-20)22(27)28;/h1-9,12-13,21,24,26H,10-11,14H2,(H,27,28);1H/t21-;/m1./s1. The van der Waals surface area contributed by atoms with Gasteiger partial charge in [0.05, 0.1) is 17.4 Å². The molecule has 0 saturated heterocycles. The van der Waals surface area contributed by atoms with Crippen LogP contribution in [0, 0.1) is 0 Å². The third-order valence-electron chi connectivity index (χ3n) is 4.42. The highest BCUT2D eigenvalue weighted by atomic mass is 35.5. The van der Waals surface area contributed by atoms with Gasteiger partial charge in [-0.05, 0) is 48.4 Å². The van der Waals surface area contributed by atoms with E-state index in [1.165, 1.54) is 6.20 Å². The molecule has 0 aliphatic carbocycles. The van der Waals surface area contributed by atoms with Gasteiger partial charge in [0.15, 0.2) is 0 Å². The maximum Gasteiger partial charge on any atom is 0.337 e. The van der Waals surface area contributed by atoms with Gasteiger partial charge in [0.25, 0.3) is 0 Å². The van der Waals surface area contributed by atoms with Crippen LogP contribution < -0.4 is 5.32 Å². The average molecular weight is 433 g/mol. The molecule has 0 amide bonds. The Morgan fingerprint density at radius 1 is 1.10 bits per heavy atom. The number of carboxylic acids is 1. The van der Waals surface area contributed by atoms with Crippen LogP contribution >= 0.6 is 24.0 Å². The van der Waals surface area contributed by atoms with E-state index in [0.717, 1.165) is 35.3 Å². The first-order chi connectivity index (χ1) is 13.5. The first kappa shape index (κ1) is 22.8. The van der Waals surface area contributed by atoms with E-state index < -0.39 is 12.1 Å². The Balaban J connectivity index is 0.00000300. The van der Waals surface area contributed by atoms with E-state index in [1.807, 2.05) is 36.4 Å². The normalized spacial score (nSPS) is 11.5. The highest BCUT2D eigenvalue weighted by Crippen LogP contribution is 2.19. The minimum atomic E-state index is -0.984. The number of benzene rings is 2. The Hall–Kier alpha value is -2.44. The Bertz CT molecular complexity index is 932. The average Bonchev–Trinajstić information content (AvgIpc) is 2.71. The van der Waals surface area contributed by atoms with Crippen molar-refractivity contribution >= 4 is 30.0 Å². The number of aliphatic hydroxyl groups is 1. The number of nitrogens with one attached hydrogen (secondary N) is 1. The minimum Gasteiger partial charge on any atom is -0.478 e. The molecule has 3 rings (SSSR count). The van der Waals surface area contributed by atoms with Crippen LogP contribution in [0.4, 0.5) is 0 Å². The van der Waals surface area contributed by atoms with Crippen molar-refractivity contribution in [2.75, 3.05) is 13.1 Å². The van der Waals surface area contributed by atoms with Crippen molar-refractivity contribution in [3.63, 3.8) is 0 Å². The van der Waals surface area contributed by atoms with Gasteiger partial charge in [-0.15, -0.1) is 12.4 Å². The van der Waals surface area contributed by atoms with Gasteiger partial charge in [0.1, 0.15) is 0 Å². The van der Waals surface area contributed by atoms with Crippen molar-refractivity contribution in [3.05, 3.63) is 88.6 Å². The van der Waals surface area contributed by atoms with Crippen molar-refractivity contribution in [2.24, 2.45) is 0 Å². The lowest BCUT2D eigenvalue weighted by molar-refractivity contribution is 0.0696. The molecule has 3 N–H and O–H groups in total. The molecule has 5 nitrogen and oxygen atoms in total. The topological polar surface area (TPSA) is 82.5 Å². The quantitative estimate of drug-likeness (QED) is 0.459. The van der Waals surface area contributed by atoms with E-state index >= 15 is 0 Å². The molecule has 3 aromatic rings. The zero-order valence-electron chi connectivity index (χ0n) is 15.6. The fourth-order valence-corrected chi connectivity index (χ4v) is 3.04.